The fourth-order valence-electron chi connectivity index (χ4n) is 1.68. The standard InChI is InChI=1S/C11H17N3O2S/c1-12-10-5-6-13-8-11(10)17(15,16)14-7-4-9-2-3-9/h5-6,8-9,14H,2-4,7H2,1H3,(H,12,13). The molecule has 2 N–H and O–H groups in total. The quantitative estimate of drug-likeness (QED) is 0.801. The molecule has 1 saturated carbocycles. The van der Waals surface area contributed by atoms with Crippen LogP contribution in [0, 0.1) is 5.92 Å². The van der Waals surface area contributed by atoms with E-state index in [4.69, 9.17) is 0 Å². The molecule has 5 nitrogen and oxygen atoms in total. The van der Waals surface area contributed by atoms with Crippen LogP contribution in [-0.4, -0.2) is 27.0 Å². The van der Waals surface area contributed by atoms with Crippen molar-refractivity contribution >= 4 is 15.7 Å². The van der Waals surface area contributed by atoms with Gasteiger partial charge in [0, 0.05) is 26.0 Å². The molecule has 1 aromatic rings. The van der Waals surface area contributed by atoms with Crippen molar-refractivity contribution in [3.05, 3.63) is 18.5 Å². The second-order valence-corrected chi connectivity index (χ2v) is 5.99. The molecule has 2 rings (SSSR count). The first-order valence-electron chi connectivity index (χ1n) is 5.75. The summed E-state index contributed by atoms with van der Waals surface area (Å²) < 4.78 is 26.7. The summed E-state index contributed by atoms with van der Waals surface area (Å²) in [6.45, 7) is 0.505. The molecule has 0 atom stereocenters. The van der Waals surface area contributed by atoms with Crippen molar-refractivity contribution in [3.8, 4) is 0 Å². The minimum Gasteiger partial charge on any atom is -0.387 e. The van der Waals surface area contributed by atoms with Crippen LogP contribution in [-0.2, 0) is 10.0 Å². The van der Waals surface area contributed by atoms with Crippen molar-refractivity contribution < 1.29 is 8.42 Å². The van der Waals surface area contributed by atoms with E-state index in [0.717, 1.165) is 12.3 Å². The normalized spacial score (nSPS) is 15.8. The van der Waals surface area contributed by atoms with Crippen molar-refractivity contribution in [2.24, 2.45) is 5.92 Å². The Labute approximate surface area is 102 Å². The van der Waals surface area contributed by atoms with E-state index in [0.29, 0.717) is 12.2 Å². The number of nitrogens with zero attached hydrogens (tertiary/aromatic N) is 1. The van der Waals surface area contributed by atoms with E-state index in [1.54, 1.807) is 19.3 Å². The molecule has 0 aliphatic heterocycles. The molecule has 1 aliphatic carbocycles. The van der Waals surface area contributed by atoms with Crippen LogP contribution < -0.4 is 10.0 Å². The van der Waals surface area contributed by atoms with Crippen LogP contribution in [0.25, 0.3) is 0 Å². The Morgan fingerprint density at radius 2 is 2.24 bits per heavy atom. The van der Waals surface area contributed by atoms with Gasteiger partial charge < -0.3 is 5.32 Å². The highest BCUT2D eigenvalue weighted by atomic mass is 32.2. The molecule has 1 heterocycles. The zero-order chi connectivity index (χ0) is 12.3. The Hall–Kier alpha value is -1.14. The first-order chi connectivity index (χ1) is 8.13. The minimum absolute atomic E-state index is 0.207. The molecule has 0 unspecified atom stereocenters. The summed E-state index contributed by atoms with van der Waals surface area (Å²) >= 11 is 0. The van der Waals surface area contributed by atoms with Crippen LogP contribution >= 0.6 is 0 Å². The van der Waals surface area contributed by atoms with Crippen LogP contribution in [0.5, 0.6) is 0 Å². The summed E-state index contributed by atoms with van der Waals surface area (Å²) in [5, 5.41) is 2.85. The molecular weight excluding hydrogens is 238 g/mol. The fraction of sp³-hybridized carbons (Fsp3) is 0.545. The number of hydrogen-bond acceptors (Lipinski definition) is 4. The van der Waals surface area contributed by atoms with E-state index < -0.39 is 10.0 Å². The van der Waals surface area contributed by atoms with Crippen molar-refractivity contribution in [1.29, 1.82) is 0 Å². The third kappa shape index (κ3) is 3.17. The van der Waals surface area contributed by atoms with E-state index in [1.165, 1.54) is 19.0 Å². The van der Waals surface area contributed by atoms with E-state index >= 15 is 0 Å². The lowest BCUT2D eigenvalue weighted by Crippen LogP contribution is -2.26. The molecule has 94 valence electrons. The van der Waals surface area contributed by atoms with Crippen molar-refractivity contribution in [1.82, 2.24) is 9.71 Å². The van der Waals surface area contributed by atoms with Crippen molar-refractivity contribution in [2.75, 3.05) is 18.9 Å². The average molecular weight is 255 g/mol. The van der Waals surface area contributed by atoms with Gasteiger partial charge in [-0.1, -0.05) is 12.8 Å². The van der Waals surface area contributed by atoms with Gasteiger partial charge >= 0.3 is 0 Å². The van der Waals surface area contributed by atoms with E-state index in [9.17, 15) is 8.42 Å². The number of hydrogen-bond donors (Lipinski definition) is 2. The molecule has 1 aliphatic rings. The van der Waals surface area contributed by atoms with Gasteiger partial charge in [0.1, 0.15) is 4.90 Å². The third-order valence-electron chi connectivity index (χ3n) is 2.88. The second kappa shape index (κ2) is 5.01. The maximum atomic E-state index is 12.0. The van der Waals surface area contributed by atoms with Crippen LogP contribution in [0.15, 0.2) is 23.4 Å². The van der Waals surface area contributed by atoms with Gasteiger partial charge in [-0.25, -0.2) is 13.1 Å². The van der Waals surface area contributed by atoms with Crippen LogP contribution in [0.4, 0.5) is 5.69 Å². The zero-order valence-electron chi connectivity index (χ0n) is 9.81. The van der Waals surface area contributed by atoms with Crippen LogP contribution in [0.2, 0.25) is 0 Å². The first-order valence-corrected chi connectivity index (χ1v) is 7.23. The molecule has 0 saturated heterocycles. The second-order valence-electron chi connectivity index (χ2n) is 4.25. The fourth-order valence-corrected chi connectivity index (χ4v) is 2.88. The molecule has 0 bridgehead atoms. The summed E-state index contributed by atoms with van der Waals surface area (Å²) in [5.41, 5.74) is 0.568. The molecular formula is C11H17N3O2S. The van der Waals surface area contributed by atoms with Crippen LogP contribution in [0.1, 0.15) is 19.3 Å². The molecule has 0 radical (unpaired) electrons. The summed E-state index contributed by atoms with van der Waals surface area (Å²) in [5.74, 6) is 0.718. The van der Waals surface area contributed by atoms with Gasteiger partial charge in [-0.15, -0.1) is 0 Å². The zero-order valence-corrected chi connectivity index (χ0v) is 10.6. The van der Waals surface area contributed by atoms with Gasteiger partial charge in [-0.3, -0.25) is 4.98 Å². The van der Waals surface area contributed by atoms with Gasteiger partial charge in [0.05, 0.1) is 5.69 Å². The third-order valence-corrected chi connectivity index (χ3v) is 4.37. The van der Waals surface area contributed by atoms with Gasteiger partial charge in [0.2, 0.25) is 10.0 Å². The maximum absolute atomic E-state index is 12.0. The van der Waals surface area contributed by atoms with E-state index in [2.05, 4.69) is 15.0 Å². The lowest BCUT2D eigenvalue weighted by molar-refractivity contribution is 0.575. The Kier molecular flexibility index (Phi) is 3.63. The molecule has 0 aromatic carbocycles. The molecule has 6 heteroatoms. The number of aromatic nitrogens is 1. The monoisotopic (exact) mass is 255 g/mol. The van der Waals surface area contributed by atoms with Crippen molar-refractivity contribution in [2.45, 2.75) is 24.2 Å². The van der Waals surface area contributed by atoms with Crippen molar-refractivity contribution in [3.63, 3.8) is 0 Å². The summed E-state index contributed by atoms with van der Waals surface area (Å²) in [7, 11) is -1.75. The largest absolute Gasteiger partial charge is 0.387 e. The topological polar surface area (TPSA) is 71.1 Å². The minimum atomic E-state index is -3.45. The smallest absolute Gasteiger partial charge is 0.244 e. The Bertz CT molecular complexity index is 483. The predicted octanol–water partition coefficient (Wildman–Crippen LogP) is 1.20. The molecule has 0 spiro atoms. The number of rotatable bonds is 6. The van der Waals surface area contributed by atoms with Gasteiger partial charge in [-0.2, -0.15) is 0 Å². The van der Waals surface area contributed by atoms with Gasteiger partial charge in [0.15, 0.2) is 0 Å². The Morgan fingerprint density at radius 1 is 1.47 bits per heavy atom. The summed E-state index contributed by atoms with van der Waals surface area (Å²) in [4.78, 5) is 4.06. The van der Waals surface area contributed by atoms with Crippen LogP contribution in [0.3, 0.4) is 0 Å². The SMILES string of the molecule is CNc1ccncc1S(=O)(=O)NCCC1CC1. The lowest BCUT2D eigenvalue weighted by atomic mass is 10.3. The highest BCUT2D eigenvalue weighted by Gasteiger charge is 2.23. The molecule has 1 fully saturated rings. The number of anilines is 1. The molecule has 1 aromatic heterocycles. The van der Waals surface area contributed by atoms with Gasteiger partial charge in [0.25, 0.3) is 0 Å². The Morgan fingerprint density at radius 3 is 2.88 bits per heavy atom. The summed E-state index contributed by atoms with van der Waals surface area (Å²) in [6, 6.07) is 1.65. The lowest BCUT2D eigenvalue weighted by Gasteiger charge is -2.10. The highest BCUT2D eigenvalue weighted by Crippen LogP contribution is 2.31. The highest BCUT2D eigenvalue weighted by molar-refractivity contribution is 7.89. The van der Waals surface area contributed by atoms with E-state index in [1.807, 2.05) is 0 Å². The maximum Gasteiger partial charge on any atom is 0.244 e. The number of pyridine rings is 1. The molecule has 0 amide bonds. The van der Waals surface area contributed by atoms with E-state index in [-0.39, 0.29) is 4.90 Å². The Balaban J connectivity index is 2.06. The predicted molar refractivity (Wildman–Crippen MR) is 66.3 cm³/mol. The summed E-state index contributed by atoms with van der Waals surface area (Å²) in [6.07, 6.45) is 6.32. The molecule has 17 heavy (non-hydrogen) atoms. The number of sulfonamides is 1. The first kappa shape index (κ1) is 12.3. The van der Waals surface area contributed by atoms with Gasteiger partial charge in [-0.05, 0) is 18.4 Å². The average Bonchev–Trinajstić information content (AvgIpc) is 3.13. The number of nitrogens with one attached hydrogen (secondary N) is 2.